The zero-order valence-electron chi connectivity index (χ0n) is 17.9. The predicted octanol–water partition coefficient (Wildman–Crippen LogP) is 5.53. The summed E-state index contributed by atoms with van der Waals surface area (Å²) in [6, 6.07) is 0.723. The molecule has 1 aliphatic heterocycles. The first-order chi connectivity index (χ1) is 11.3. The quantitative estimate of drug-likeness (QED) is 0.650. The molecule has 0 aromatic heterocycles. The fraction of sp³-hybridized carbons (Fsp3) is 1.00. The Kier molecular flexibility index (Phi) is 10.5. The second-order valence-corrected chi connectivity index (χ2v) is 9.58. The van der Waals surface area contributed by atoms with Crippen LogP contribution >= 0.6 is 0 Å². The number of piperazine rings is 1. The van der Waals surface area contributed by atoms with E-state index in [1.54, 1.807) is 0 Å². The van der Waals surface area contributed by atoms with E-state index in [9.17, 15) is 0 Å². The van der Waals surface area contributed by atoms with Crippen LogP contribution in [0.3, 0.4) is 0 Å². The van der Waals surface area contributed by atoms with E-state index in [-0.39, 0.29) is 0 Å². The van der Waals surface area contributed by atoms with Crippen molar-refractivity contribution in [2.24, 2.45) is 23.7 Å². The Morgan fingerprint density at radius 2 is 1.29 bits per heavy atom. The first-order valence-corrected chi connectivity index (χ1v) is 10.7. The smallest absolute Gasteiger partial charge is 0.0113 e. The standard InChI is InChI=1S/C11H24N2.C11H22/c1-10(2)9-12-5-7-13(8-6-12)11(3)4;1-9(2)8-11-6-4-10(3)5-7-11/h10-11H,5-9H2,1-4H3;9-11H,4-8H2,1-3H3. The summed E-state index contributed by atoms with van der Waals surface area (Å²) in [4.78, 5) is 5.15. The monoisotopic (exact) mass is 338 g/mol. The van der Waals surface area contributed by atoms with Crippen molar-refractivity contribution in [1.82, 2.24) is 9.80 Å². The highest BCUT2D eigenvalue weighted by atomic mass is 15.3. The van der Waals surface area contributed by atoms with E-state index < -0.39 is 0 Å². The first-order valence-electron chi connectivity index (χ1n) is 10.7. The molecule has 144 valence electrons. The van der Waals surface area contributed by atoms with Crippen LogP contribution in [0, 0.1) is 23.7 Å². The van der Waals surface area contributed by atoms with Crippen molar-refractivity contribution < 1.29 is 0 Å². The highest BCUT2D eigenvalue weighted by Crippen LogP contribution is 2.32. The third-order valence-electron chi connectivity index (χ3n) is 5.70. The van der Waals surface area contributed by atoms with Crippen molar-refractivity contribution in [3.8, 4) is 0 Å². The maximum atomic E-state index is 2.59. The summed E-state index contributed by atoms with van der Waals surface area (Å²) in [6.45, 7) is 22.6. The minimum Gasteiger partial charge on any atom is -0.301 e. The summed E-state index contributed by atoms with van der Waals surface area (Å²) in [6.07, 6.45) is 7.43. The lowest BCUT2D eigenvalue weighted by molar-refractivity contribution is 0.100. The molecular weight excluding hydrogens is 292 g/mol. The third-order valence-corrected chi connectivity index (χ3v) is 5.70. The summed E-state index contributed by atoms with van der Waals surface area (Å²) in [7, 11) is 0. The largest absolute Gasteiger partial charge is 0.301 e. The normalized spacial score (nSPS) is 26.8. The van der Waals surface area contributed by atoms with Gasteiger partial charge in [0.05, 0.1) is 0 Å². The van der Waals surface area contributed by atoms with Gasteiger partial charge < -0.3 is 4.90 Å². The molecule has 1 heterocycles. The fourth-order valence-electron chi connectivity index (χ4n) is 4.21. The molecule has 2 rings (SSSR count). The van der Waals surface area contributed by atoms with Crippen LogP contribution in [-0.4, -0.2) is 48.6 Å². The van der Waals surface area contributed by atoms with Gasteiger partial charge in [-0.3, -0.25) is 4.90 Å². The van der Waals surface area contributed by atoms with Gasteiger partial charge in [-0.2, -0.15) is 0 Å². The number of rotatable bonds is 5. The van der Waals surface area contributed by atoms with Gasteiger partial charge in [0.1, 0.15) is 0 Å². The Labute approximate surface area is 153 Å². The molecule has 1 saturated carbocycles. The first kappa shape index (κ1) is 22.0. The predicted molar refractivity (Wildman–Crippen MR) is 109 cm³/mol. The van der Waals surface area contributed by atoms with Crippen LogP contribution in [0.2, 0.25) is 0 Å². The molecule has 0 N–H and O–H groups in total. The second kappa shape index (κ2) is 11.5. The molecule has 0 aromatic rings. The summed E-state index contributed by atoms with van der Waals surface area (Å²) in [5.74, 6) is 3.80. The molecule has 1 saturated heterocycles. The van der Waals surface area contributed by atoms with Crippen LogP contribution in [0.25, 0.3) is 0 Å². The van der Waals surface area contributed by atoms with Crippen LogP contribution in [-0.2, 0) is 0 Å². The van der Waals surface area contributed by atoms with E-state index >= 15 is 0 Å². The molecule has 2 fully saturated rings. The molecular formula is C22H46N2. The van der Waals surface area contributed by atoms with Crippen LogP contribution in [0.1, 0.15) is 80.6 Å². The highest BCUT2D eigenvalue weighted by Gasteiger charge is 2.19. The Hall–Kier alpha value is -0.0800. The van der Waals surface area contributed by atoms with Crippen molar-refractivity contribution in [2.75, 3.05) is 32.7 Å². The van der Waals surface area contributed by atoms with Crippen LogP contribution in [0.5, 0.6) is 0 Å². The Morgan fingerprint density at radius 1 is 0.750 bits per heavy atom. The SMILES string of the molecule is CC(C)CC1CCC(C)CC1.CC(C)CN1CCN(C(C)C)CC1. The molecule has 0 atom stereocenters. The van der Waals surface area contributed by atoms with E-state index in [1.165, 1.54) is 64.8 Å². The van der Waals surface area contributed by atoms with Gasteiger partial charge in [0, 0.05) is 38.8 Å². The van der Waals surface area contributed by atoms with E-state index in [0.29, 0.717) is 0 Å². The lowest BCUT2D eigenvalue weighted by atomic mass is 9.79. The lowest BCUT2D eigenvalue weighted by Crippen LogP contribution is -2.49. The Morgan fingerprint density at radius 3 is 1.71 bits per heavy atom. The summed E-state index contributed by atoms with van der Waals surface area (Å²) in [5.41, 5.74) is 0. The van der Waals surface area contributed by atoms with Gasteiger partial charge in [-0.1, -0.05) is 60.3 Å². The molecule has 0 spiro atoms. The van der Waals surface area contributed by atoms with E-state index in [0.717, 1.165) is 29.7 Å². The molecule has 0 bridgehead atoms. The second-order valence-electron chi connectivity index (χ2n) is 9.58. The van der Waals surface area contributed by atoms with Gasteiger partial charge in [-0.15, -0.1) is 0 Å². The Balaban J connectivity index is 0.000000243. The molecule has 2 nitrogen and oxygen atoms in total. The number of hydrogen-bond donors (Lipinski definition) is 0. The molecule has 2 aliphatic rings. The van der Waals surface area contributed by atoms with Gasteiger partial charge >= 0.3 is 0 Å². The molecule has 0 aromatic carbocycles. The van der Waals surface area contributed by atoms with Crippen LogP contribution < -0.4 is 0 Å². The maximum Gasteiger partial charge on any atom is 0.0113 e. The summed E-state index contributed by atoms with van der Waals surface area (Å²) in [5, 5.41) is 0. The number of hydrogen-bond acceptors (Lipinski definition) is 2. The van der Waals surface area contributed by atoms with Crippen LogP contribution in [0.15, 0.2) is 0 Å². The molecule has 24 heavy (non-hydrogen) atoms. The minimum absolute atomic E-state index is 0.723. The summed E-state index contributed by atoms with van der Waals surface area (Å²) >= 11 is 0. The van der Waals surface area contributed by atoms with Gasteiger partial charge in [0.2, 0.25) is 0 Å². The summed E-state index contributed by atoms with van der Waals surface area (Å²) < 4.78 is 0. The lowest BCUT2D eigenvalue weighted by Gasteiger charge is -2.37. The van der Waals surface area contributed by atoms with Gasteiger partial charge in [0.15, 0.2) is 0 Å². The maximum absolute atomic E-state index is 2.59. The molecule has 0 unspecified atom stereocenters. The molecule has 0 radical (unpaired) electrons. The topological polar surface area (TPSA) is 6.48 Å². The zero-order chi connectivity index (χ0) is 18.1. The van der Waals surface area contributed by atoms with E-state index in [1.807, 2.05) is 0 Å². The van der Waals surface area contributed by atoms with Crippen molar-refractivity contribution in [1.29, 1.82) is 0 Å². The fourth-order valence-corrected chi connectivity index (χ4v) is 4.21. The third kappa shape index (κ3) is 9.42. The average Bonchev–Trinajstić information content (AvgIpc) is 2.50. The average molecular weight is 339 g/mol. The van der Waals surface area contributed by atoms with Gasteiger partial charge in [-0.05, 0) is 43.9 Å². The van der Waals surface area contributed by atoms with E-state index in [4.69, 9.17) is 0 Å². The van der Waals surface area contributed by atoms with Crippen molar-refractivity contribution in [2.45, 2.75) is 86.6 Å². The van der Waals surface area contributed by atoms with Gasteiger partial charge in [0.25, 0.3) is 0 Å². The van der Waals surface area contributed by atoms with Gasteiger partial charge in [-0.25, -0.2) is 0 Å². The van der Waals surface area contributed by atoms with Crippen molar-refractivity contribution in [3.63, 3.8) is 0 Å². The minimum atomic E-state index is 0.723. The molecule has 1 aliphatic carbocycles. The van der Waals surface area contributed by atoms with Crippen molar-refractivity contribution >= 4 is 0 Å². The molecule has 2 heteroatoms. The zero-order valence-corrected chi connectivity index (χ0v) is 17.9. The highest BCUT2D eigenvalue weighted by molar-refractivity contribution is 4.74. The van der Waals surface area contributed by atoms with Crippen molar-refractivity contribution in [3.05, 3.63) is 0 Å². The van der Waals surface area contributed by atoms with E-state index in [2.05, 4.69) is 58.3 Å². The Bertz CT molecular complexity index is 295. The molecule has 0 amide bonds. The number of nitrogens with zero attached hydrogens (tertiary/aromatic N) is 2. The van der Waals surface area contributed by atoms with Crippen LogP contribution in [0.4, 0.5) is 0 Å².